The molecule has 4 nitrogen and oxygen atoms in total. The number of allylic oxidation sites excluding steroid dienone is 1. The molecule has 0 aromatic heterocycles. The van der Waals surface area contributed by atoms with Gasteiger partial charge in [-0.3, -0.25) is 4.79 Å². The van der Waals surface area contributed by atoms with Crippen molar-refractivity contribution in [3.63, 3.8) is 0 Å². The molecule has 0 radical (unpaired) electrons. The first-order valence-corrected chi connectivity index (χ1v) is 16.9. The Labute approximate surface area is 240 Å². The maximum Gasteiger partial charge on any atom is 0.222 e. The molecule has 4 aliphatic carbocycles. The zero-order valence-corrected chi connectivity index (χ0v) is 26.0. The van der Waals surface area contributed by atoms with E-state index in [1.54, 1.807) is 5.57 Å². The standard InChI is InChI=1S/C35H59NO3/c1-25(2)8-6-9-26(3)30-13-14-31-29-12-11-27-24-28(15-17-34(27,4)32(29)16-18-35(30,31)5)39-21-7-10-33(37)36-19-22-38-23-20-36/h11,25-26,28-32H,6-10,12-24H2,1-5H3/t26-,28-,29+,30-,31+,32+,34+,35-/m1/s1. The highest BCUT2D eigenvalue weighted by molar-refractivity contribution is 5.76. The molecule has 1 amide bonds. The van der Waals surface area contributed by atoms with Gasteiger partial charge in [-0.15, -0.1) is 0 Å². The Morgan fingerprint density at radius 1 is 1.03 bits per heavy atom. The number of hydrogen-bond acceptors (Lipinski definition) is 3. The average molecular weight is 542 g/mol. The number of nitrogens with zero attached hydrogens (tertiary/aromatic N) is 1. The summed E-state index contributed by atoms with van der Waals surface area (Å²) in [6.07, 6.45) is 19.5. The van der Waals surface area contributed by atoms with Crippen molar-refractivity contribution >= 4 is 5.91 Å². The predicted molar refractivity (Wildman–Crippen MR) is 159 cm³/mol. The van der Waals surface area contributed by atoms with Gasteiger partial charge in [-0.1, -0.05) is 65.5 Å². The van der Waals surface area contributed by atoms with E-state index in [0.29, 0.717) is 43.2 Å². The average Bonchev–Trinajstić information content (AvgIpc) is 3.28. The van der Waals surface area contributed by atoms with Crippen molar-refractivity contribution < 1.29 is 14.3 Å². The fraction of sp³-hybridized carbons (Fsp3) is 0.914. The molecule has 3 saturated carbocycles. The minimum absolute atomic E-state index is 0.266. The molecule has 8 atom stereocenters. The molecule has 4 fully saturated rings. The lowest BCUT2D eigenvalue weighted by Gasteiger charge is -2.58. The summed E-state index contributed by atoms with van der Waals surface area (Å²) in [5, 5.41) is 0. The molecule has 4 heteroatoms. The molecule has 5 rings (SSSR count). The number of ether oxygens (including phenoxy) is 2. The molecule has 5 aliphatic rings. The summed E-state index contributed by atoms with van der Waals surface area (Å²) < 4.78 is 11.8. The summed E-state index contributed by atoms with van der Waals surface area (Å²) in [5.41, 5.74) is 2.67. The zero-order valence-electron chi connectivity index (χ0n) is 26.0. The van der Waals surface area contributed by atoms with E-state index in [1.807, 2.05) is 4.90 Å². The number of rotatable bonds is 10. The Balaban J connectivity index is 1.13. The van der Waals surface area contributed by atoms with Crippen LogP contribution in [-0.4, -0.2) is 49.8 Å². The monoisotopic (exact) mass is 541 g/mol. The van der Waals surface area contributed by atoms with Gasteiger partial charge in [0.15, 0.2) is 0 Å². The lowest BCUT2D eigenvalue weighted by atomic mass is 9.47. The smallest absolute Gasteiger partial charge is 0.222 e. The lowest BCUT2D eigenvalue weighted by molar-refractivity contribution is -0.135. The van der Waals surface area contributed by atoms with E-state index in [0.717, 1.165) is 61.4 Å². The van der Waals surface area contributed by atoms with Gasteiger partial charge in [-0.05, 0) is 104 Å². The minimum Gasteiger partial charge on any atom is -0.378 e. The minimum atomic E-state index is 0.266. The zero-order chi connectivity index (χ0) is 27.6. The summed E-state index contributed by atoms with van der Waals surface area (Å²) >= 11 is 0. The van der Waals surface area contributed by atoms with Gasteiger partial charge in [0.05, 0.1) is 19.3 Å². The lowest BCUT2D eigenvalue weighted by Crippen LogP contribution is -2.51. The van der Waals surface area contributed by atoms with Crippen LogP contribution in [0.15, 0.2) is 11.6 Å². The predicted octanol–water partition coefficient (Wildman–Crippen LogP) is 8.05. The van der Waals surface area contributed by atoms with Gasteiger partial charge in [0.2, 0.25) is 5.91 Å². The van der Waals surface area contributed by atoms with Crippen molar-refractivity contribution in [1.29, 1.82) is 0 Å². The number of hydrogen-bond donors (Lipinski definition) is 0. The first-order valence-electron chi connectivity index (χ1n) is 16.9. The van der Waals surface area contributed by atoms with E-state index in [4.69, 9.17) is 9.47 Å². The Hall–Kier alpha value is -0.870. The molecule has 0 N–H and O–H groups in total. The molecular weight excluding hydrogens is 482 g/mol. The number of carbonyl (C=O) groups excluding carboxylic acids is 1. The molecule has 222 valence electrons. The van der Waals surface area contributed by atoms with Crippen LogP contribution in [0.4, 0.5) is 0 Å². The molecule has 0 spiro atoms. The molecule has 1 saturated heterocycles. The largest absolute Gasteiger partial charge is 0.378 e. The van der Waals surface area contributed by atoms with Crippen LogP contribution < -0.4 is 0 Å². The van der Waals surface area contributed by atoms with Crippen molar-refractivity contribution in [2.24, 2.45) is 46.3 Å². The van der Waals surface area contributed by atoms with Gasteiger partial charge in [-0.25, -0.2) is 0 Å². The number of amides is 1. The van der Waals surface area contributed by atoms with Crippen LogP contribution in [0.25, 0.3) is 0 Å². The second-order valence-electron chi connectivity index (χ2n) is 15.1. The SMILES string of the molecule is CC(C)CCC[C@@H](C)[C@H]1CC[C@H]2[C@@H]3CC=C4C[C@H](OCCCC(=O)N5CCOCC5)CC[C@]4(C)[C@H]3CC[C@]12C. The fourth-order valence-corrected chi connectivity index (χ4v) is 10.2. The van der Waals surface area contributed by atoms with Crippen LogP contribution in [0, 0.1) is 46.3 Å². The summed E-state index contributed by atoms with van der Waals surface area (Å²) in [7, 11) is 0. The number of carbonyl (C=O) groups is 1. The van der Waals surface area contributed by atoms with E-state index in [9.17, 15) is 4.79 Å². The van der Waals surface area contributed by atoms with Gasteiger partial charge >= 0.3 is 0 Å². The van der Waals surface area contributed by atoms with Crippen LogP contribution in [0.1, 0.15) is 118 Å². The summed E-state index contributed by atoms with van der Waals surface area (Å²) in [4.78, 5) is 14.4. The highest BCUT2D eigenvalue weighted by atomic mass is 16.5. The molecule has 0 bridgehead atoms. The van der Waals surface area contributed by atoms with Crippen LogP contribution >= 0.6 is 0 Å². The van der Waals surface area contributed by atoms with Gasteiger partial charge in [0.1, 0.15) is 0 Å². The summed E-state index contributed by atoms with van der Waals surface area (Å²) in [6.45, 7) is 16.2. The van der Waals surface area contributed by atoms with Crippen molar-refractivity contribution in [3.8, 4) is 0 Å². The maximum absolute atomic E-state index is 12.4. The summed E-state index contributed by atoms with van der Waals surface area (Å²) in [6, 6.07) is 0. The Morgan fingerprint density at radius 3 is 2.59 bits per heavy atom. The quantitative estimate of drug-likeness (QED) is 0.207. The normalized spacial score (nSPS) is 39.1. The van der Waals surface area contributed by atoms with E-state index < -0.39 is 0 Å². The maximum atomic E-state index is 12.4. The topological polar surface area (TPSA) is 38.8 Å². The van der Waals surface area contributed by atoms with E-state index in [-0.39, 0.29) is 5.91 Å². The van der Waals surface area contributed by atoms with Crippen molar-refractivity contribution in [2.75, 3.05) is 32.9 Å². The number of fused-ring (bicyclic) bond motifs is 5. The molecule has 1 aliphatic heterocycles. The third kappa shape index (κ3) is 6.18. The van der Waals surface area contributed by atoms with E-state index in [1.165, 1.54) is 64.2 Å². The Morgan fingerprint density at radius 2 is 1.82 bits per heavy atom. The van der Waals surface area contributed by atoms with E-state index in [2.05, 4.69) is 40.7 Å². The second-order valence-corrected chi connectivity index (χ2v) is 15.1. The van der Waals surface area contributed by atoms with Crippen molar-refractivity contribution in [1.82, 2.24) is 4.90 Å². The van der Waals surface area contributed by atoms with Crippen LogP contribution in [0.2, 0.25) is 0 Å². The third-order valence-corrected chi connectivity index (χ3v) is 12.5. The molecule has 39 heavy (non-hydrogen) atoms. The Kier molecular flexibility index (Phi) is 9.54. The highest BCUT2D eigenvalue weighted by Gasteiger charge is 2.59. The van der Waals surface area contributed by atoms with Gasteiger partial charge in [0, 0.05) is 26.1 Å². The van der Waals surface area contributed by atoms with E-state index >= 15 is 0 Å². The molecule has 0 unspecified atom stereocenters. The van der Waals surface area contributed by atoms with Gasteiger partial charge < -0.3 is 14.4 Å². The fourth-order valence-electron chi connectivity index (χ4n) is 10.2. The van der Waals surface area contributed by atoms with Crippen LogP contribution in [0.3, 0.4) is 0 Å². The van der Waals surface area contributed by atoms with Crippen molar-refractivity contribution in [2.45, 2.75) is 124 Å². The highest BCUT2D eigenvalue weighted by Crippen LogP contribution is 2.67. The van der Waals surface area contributed by atoms with Gasteiger partial charge in [-0.2, -0.15) is 0 Å². The Bertz CT molecular complexity index is 862. The third-order valence-electron chi connectivity index (χ3n) is 12.5. The summed E-state index contributed by atoms with van der Waals surface area (Å²) in [5.74, 6) is 5.63. The first-order chi connectivity index (χ1) is 18.7. The van der Waals surface area contributed by atoms with Gasteiger partial charge in [0.25, 0.3) is 0 Å². The molecule has 0 aromatic carbocycles. The number of morpholine rings is 1. The first kappa shape index (κ1) is 29.6. The van der Waals surface area contributed by atoms with Crippen LogP contribution in [-0.2, 0) is 14.3 Å². The van der Waals surface area contributed by atoms with Crippen LogP contribution in [0.5, 0.6) is 0 Å². The molecule has 1 heterocycles. The van der Waals surface area contributed by atoms with Crippen molar-refractivity contribution in [3.05, 3.63) is 11.6 Å². The second kappa shape index (κ2) is 12.6. The molecule has 0 aromatic rings. The molecular formula is C35H59NO3.